The van der Waals surface area contributed by atoms with Gasteiger partial charge in [-0.2, -0.15) is 12.1 Å². The maximum Gasteiger partial charge on any atom is 0.256 e. The molecule has 0 fully saturated rings. The summed E-state index contributed by atoms with van der Waals surface area (Å²) in [7, 11) is 0. The number of halogens is 4. The standard InChI is InChI=1S/C16H10F3INO2.Y/c1-2-7-23-10-3-4-11(12(17)8-10)14-6-5-13(20)16(22)21(14)9-15(18)19;/h1,3-5,8,15H,7,9H2;/q-1;. The van der Waals surface area contributed by atoms with E-state index in [1.165, 1.54) is 18.2 Å². The molecule has 0 aliphatic rings. The van der Waals surface area contributed by atoms with Crippen LogP contribution in [0.25, 0.3) is 11.3 Å². The van der Waals surface area contributed by atoms with Crippen molar-refractivity contribution in [3.05, 3.63) is 50.1 Å². The first kappa shape index (κ1) is 21.2. The minimum atomic E-state index is -2.75. The predicted octanol–water partition coefficient (Wildman–Crippen LogP) is 3.33. The number of rotatable bonds is 5. The number of benzene rings is 1. The Bertz CT molecular complexity index is 818. The monoisotopic (exact) mass is 521 g/mol. The average Bonchev–Trinajstić information content (AvgIpc) is 2.50. The zero-order valence-corrected chi connectivity index (χ0v) is 17.2. The summed E-state index contributed by atoms with van der Waals surface area (Å²) in [6, 6.07) is 7.87. The molecule has 3 nitrogen and oxygen atoms in total. The summed E-state index contributed by atoms with van der Waals surface area (Å²) in [5.41, 5.74) is -0.685. The third kappa shape index (κ3) is 5.07. The summed E-state index contributed by atoms with van der Waals surface area (Å²) in [6.45, 7) is -0.860. The maximum absolute atomic E-state index is 14.3. The molecule has 1 radical (unpaired) electrons. The zero-order valence-electron chi connectivity index (χ0n) is 12.2. The third-order valence-corrected chi connectivity index (χ3v) is 3.67. The number of terminal acetylenes is 1. The van der Waals surface area contributed by atoms with Crippen molar-refractivity contribution < 1.29 is 50.6 Å². The van der Waals surface area contributed by atoms with Gasteiger partial charge in [-0.3, -0.25) is 4.79 Å². The number of aromatic nitrogens is 1. The van der Waals surface area contributed by atoms with Crippen LogP contribution in [0.2, 0.25) is 0 Å². The molecule has 24 heavy (non-hydrogen) atoms. The first-order valence-corrected chi connectivity index (χ1v) is 7.47. The van der Waals surface area contributed by atoms with Crippen molar-refractivity contribution in [1.82, 2.24) is 4.57 Å². The molecule has 0 N–H and O–H groups in total. The van der Waals surface area contributed by atoms with Crippen LogP contribution in [-0.4, -0.2) is 17.6 Å². The van der Waals surface area contributed by atoms with Gasteiger partial charge in [-0.05, 0) is 9.64 Å². The van der Waals surface area contributed by atoms with Crippen molar-refractivity contribution in [2.24, 2.45) is 0 Å². The molecule has 1 aromatic heterocycles. The van der Waals surface area contributed by atoms with Crippen molar-refractivity contribution in [3.8, 4) is 29.4 Å². The van der Waals surface area contributed by atoms with E-state index in [4.69, 9.17) is 11.2 Å². The number of ether oxygens (including phenoxy) is 1. The van der Waals surface area contributed by atoms with Crippen molar-refractivity contribution in [2.45, 2.75) is 13.0 Å². The molecule has 0 bridgehead atoms. The van der Waals surface area contributed by atoms with Gasteiger partial charge in [0.2, 0.25) is 5.56 Å². The van der Waals surface area contributed by atoms with Crippen LogP contribution in [0, 0.1) is 27.8 Å². The van der Waals surface area contributed by atoms with E-state index in [0.29, 0.717) is 0 Å². The first-order valence-electron chi connectivity index (χ1n) is 6.39. The topological polar surface area (TPSA) is 31.2 Å². The summed E-state index contributed by atoms with van der Waals surface area (Å²) in [6.07, 6.45) is 2.30. The molecule has 0 aliphatic carbocycles. The molecule has 8 heteroatoms. The molecular formula is C16H10F3INO2Y-. The van der Waals surface area contributed by atoms with Crippen LogP contribution in [-0.2, 0) is 39.3 Å². The Balaban J connectivity index is 0.00000288. The van der Waals surface area contributed by atoms with Gasteiger partial charge < -0.3 is 9.30 Å². The van der Waals surface area contributed by atoms with E-state index < -0.39 is 24.3 Å². The van der Waals surface area contributed by atoms with E-state index in [1.54, 1.807) is 22.6 Å². The second-order valence-electron chi connectivity index (χ2n) is 4.43. The van der Waals surface area contributed by atoms with Gasteiger partial charge in [0, 0.05) is 38.8 Å². The molecule has 0 amide bonds. The van der Waals surface area contributed by atoms with Crippen LogP contribution in [0.3, 0.4) is 0 Å². The summed E-state index contributed by atoms with van der Waals surface area (Å²) < 4.78 is 45.8. The summed E-state index contributed by atoms with van der Waals surface area (Å²) >= 11 is 1.72. The maximum atomic E-state index is 14.3. The molecular weight excluding hydrogens is 511 g/mol. The van der Waals surface area contributed by atoms with Crippen molar-refractivity contribution >= 4 is 22.6 Å². The largest absolute Gasteiger partial charge is 0.481 e. The van der Waals surface area contributed by atoms with E-state index in [2.05, 4.69) is 12.0 Å². The van der Waals surface area contributed by atoms with Gasteiger partial charge >= 0.3 is 0 Å². The minimum Gasteiger partial charge on any atom is -0.481 e. The van der Waals surface area contributed by atoms with Gasteiger partial charge in [0.05, 0.1) is 12.4 Å². The second kappa shape index (κ2) is 9.59. The fourth-order valence-corrected chi connectivity index (χ4v) is 2.39. The number of hydrogen-bond acceptors (Lipinski definition) is 2. The molecule has 0 spiro atoms. The molecule has 0 saturated heterocycles. The van der Waals surface area contributed by atoms with E-state index in [1.807, 2.05) is 0 Å². The van der Waals surface area contributed by atoms with E-state index in [0.717, 1.165) is 10.6 Å². The normalized spacial score (nSPS) is 10.2. The molecule has 0 unspecified atom stereocenters. The van der Waals surface area contributed by atoms with Gasteiger partial charge in [0.15, 0.2) is 0 Å². The molecule has 1 aromatic carbocycles. The van der Waals surface area contributed by atoms with Crippen LogP contribution in [0.15, 0.2) is 29.1 Å². The number of hydrogen-bond donors (Lipinski definition) is 0. The van der Waals surface area contributed by atoms with Gasteiger partial charge in [-0.1, -0.05) is 17.2 Å². The van der Waals surface area contributed by atoms with Gasteiger partial charge in [-0.15, -0.1) is 35.1 Å². The van der Waals surface area contributed by atoms with Gasteiger partial charge in [-0.25, -0.2) is 13.2 Å². The fraction of sp³-hybridized carbons (Fsp3) is 0.188. The Hall–Kier alpha value is -0.846. The number of nitrogens with zero attached hydrogens (tertiary/aromatic N) is 1. The summed E-state index contributed by atoms with van der Waals surface area (Å²) in [5.74, 6) is 1.73. The fourth-order valence-electron chi connectivity index (χ4n) is 1.94. The smallest absolute Gasteiger partial charge is 0.256 e. The molecule has 2 aromatic rings. The molecule has 0 atom stereocenters. The van der Waals surface area contributed by atoms with Crippen molar-refractivity contribution in [1.29, 1.82) is 0 Å². The van der Waals surface area contributed by atoms with Crippen LogP contribution < -0.4 is 10.3 Å². The first-order chi connectivity index (χ1) is 10.9. The number of alkyl halides is 2. The van der Waals surface area contributed by atoms with Crippen molar-refractivity contribution in [2.75, 3.05) is 6.61 Å². The predicted molar refractivity (Wildman–Crippen MR) is 88.0 cm³/mol. The van der Waals surface area contributed by atoms with Crippen molar-refractivity contribution in [3.63, 3.8) is 0 Å². The SMILES string of the molecule is C#CCOc1ccc(-c2[c-]cc(I)c(=O)n2CC(F)F)c(F)c1.[Y]. The molecule has 2 rings (SSSR count). The number of pyridine rings is 1. The van der Waals surface area contributed by atoms with E-state index in [-0.39, 0.29) is 59.9 Å². The molecule has 0 saturated carbocycles. The Kier molecular flexibility index (Phi) is 8.47. The van der Waals surface area contributed by atoms with Gasteiger partial charge in [0.25, 0.3) is 6.43 Å². The Morgan fingerprint density at radius 1 is 1.42 bits per heavy atom. The quantitative estimate of drug-likeness (QED) is 0.344. The second-order valence-corrected chi connectivity index (χ2v) is 5.59. The van der Waals surface area contributed by atoms with Crippen LogP contribution in [0.1, 0.15) is 0 Å². The summed E-state index contributed by atoms with van der Waals surface area (Å²) in [4.78, 5) is 12.1. The summed E-state index contributed by atoms with van der Waals surface area (Å²) in [5, 5.41) is 0. The van der Waals surface area contributed by atoms with Crippen LogP contribution >= 0.6 is 22.6 Å². The molecule has 1 heterocycles. The van der Waals surface area contributed by atoms with E-state index >= 15 is 0 Å². The van der Waals surface area contributed by atoms with Crippen LogP contribution in [0.4, 0.5) is 13.2 Å². The third-order valence-electron chi connectivity index (χ3n) is 2.89. The molecule has 0 aliphatic heterocycles. The Morgan fingerprint density at radius 2 is 2.12 bits per heavy atom. The minimum absolute atomic E-state index is 0. The van der Waals surface area contributed by atoms with Gasteiger partial charge in [0.1, 0.15) is 12.4 Å². The van der Waals surface area contributed by atoms with E-state index in [9.17, 15) is 18.0 Å². The molecule has 123 valence electrons. The Labute approximate surface area is 175 Å². The Morgan fingerprint density at radius 3 is 2.71 bits per heavy atom. The van der Waals surface area contributed by atoms with Crippen LogP contribution in [0.5, 0.6) is 5.75 Å². The average molecular weight is 521 g/mol. The zero-order chi connectivity index (χ0) is 17.0.